The maximum Gasteiger partial charge on any atom is 0.177 e. The van der Waals surface area contributed by atoms with Crippen molar-refractivity contribution in [1.29, 1.82) is 0 Å². The second-order valence-corrected chi connectivity index (χ2v) is 3.05. The highest BCUT2D eigenvalue weighted by Gasteiger charge is 2.24. The van der Waals surface area contributed by atoms with Crippen LogP contribution >= 0.6 is 0 Å². The molecule has 0 aromatic carbocycles. The van der Waals surface area contributed by atoms with Crippen molar-refractivity contribution in [2.24, 2.45) is 0 Å². The minimum Gasteiger partial charge on any atom is -0.348 e. The Kier molecular flexibility index (Phi) is 2.56. The van der Waals surface area contributed by atoms with Gasteiger partial charge in [-0.25, -0.2) is 9.67 Å². The molecular formula is C8H13N3O2. The fourth-order valence-corrected chi connectivity index (χ4v) is 1.30. The van der Waals surface area contributed by atoms with Gasteiger partial charge >= 0.3 is 0 Å². The van der Waals surface area contributed by atoms with Gasteiger partial charge in [0.05, 0.1) is 19.3 Å². The van der Waals surface area contributed by atoms with Gasteiger partial charge in [0, 0.05) is 0 Å². The smallest absolute Gasteiger partial charge is 0.177 e. The van der Waals surface area contributed by atoms with Gasteiger partial charge < -0.3 is 9.47 Å². The molecule has 2 unspecified atom stereocenters. The maximum atomic E-state index is 5.57. The molecule has 1 aliphatic heterocycles. The van der Waals surface area contributed by atoms with E-state index in [-0.39, 0.29) is 12.4 Å². The van der Waals surface area contributed by atoms with Crippen LogP contribution in [0.4, 0.5) is 0 Å². The van der Waals surface area contributed by atoms with Crippen molar-refractivity contribution in [3.05, 3.63) is 12.7 Å². The first-order valence-corrected chi connectivity index (χ1v) is 4.48. The van der Waals surface area contributed by atoms with E-state index in [1.54, 1.807) is 11.0 Å². The topological polar surface area (TPSA) is 49.2 Å². The molecule has 0 N–H and O–H groups in total. The molecule has 2 rings (SSSR count). The molecule has 2 heterocycles. The first kappa shape index (κ1) is 8.65. The third kappa shape index (κ3) is 2.05. The number of aromatic nitrogens is 3. The van der Waals surface area contributed by atoms with Crippen molar-refractivity contribution in [3.8, 4) is 0 Å². The number of hydrogen-bond donors (Lipinski definition) is 0. The summed E-state index contributed by atoms with van der Waals surface area (Å²) in [6, 6.07) is 0. The van der Waals surface area contributed by atoms with Crippen molar-refractivity contribution in [3.63, 3.8) is 0 Å². The van der Waals surface area contributed by atoms with Crippen LogP contribution in [0.25, 0.3) is 0 Å². The number of hydrogen-bond acceptors (Lipinski definition) is 4. The number of ether oxygens (including phenoxy) is 2. The third-order valence-electron chi connectivity index (χ3n) is 2.07. The summed E-state index contributed by atoms with van der Waals surface area (Å²) < 4.78 is 12.7. The van der Waals surface area contributed by atoms with E-state index in [4.69, 9.17) is 9.47 Å². The summed E-state index contributed by atoms with van der Waals surface area (Å²) in [6.45, 7) is 3.40. The largest absolute Gasteiger partial charge is 0.348 e. The van der Waals surface area contributed by atoms with Crippen molar-refractivity contribution in [2.75, 3.05) is 6.61 Å². The number of nitrogens with zero attached hydrogens (tertiary/aromatic N) is 3. The standard InChI is InChI=1S/C8H13N3O2/c1-2-7-4-12-8(13-7)3-11-6-9-5-10-11/h5-8H,2-4H2,1H3. The highest BCUT2D eigenvalue weighted by atomic mass is 16.7. The molecule has 1 aliphatic rings. The lowest BCUT2D eigenvalue weighted by atomic mass is 10.3. The van der Waals surface area contributed by atoms with Gasteiger partial charge in [-0.2, -0.15) is 5.10 Å². The van der Waals surface area contributed by atoms with E-state index >= 15 is 0 Å². The van der Waals surface area contributed by atoms with Crippen molar-refractivity contribution < 1.29 is 9.47 Å². The van der Waals surface area contributed by atoms with Crippen LogP contribution in [-0.2, 0) is 16.0 Å². The molecule has 0 radical (unpaired) electrons. The van der Waals surface area contributed by atoms with Crippen LogP contribution in [0.5, 0.6) is 0 Å². The highest BCUT2D eigenvalue weighted by Crippen LogP contribution is 2.14. The second kappa shape index (κ2) is 3.85. The van der Waals surface area contributed by atoms with E-state index in [1.165, 1.54) is 6.33 Å². The Balaban J connectivity index is 1.84. The summed E-state index contributed by atoms with van der Waals surface area (Å²) in [4.78, 5) is 3.84. The molecule has 0 bridgehead atoms. The fourth-order valence-electron chi connectivity index (χ4n) is 1.30. The SMILES string of the molecule is CCC1COC(Cn2cncn2)O1. The first-order chi connectivity index (χ1) is 6.38. The van der Waals surface area contributed by atoms with E-state index in [2.05, 4.69) is 17.0 Å². The highest BCUT2D eigenvalue weighted by molar-refractivity contribution is 4.65. The van der Waals surface area contributed by atoms with Gasteiger partial charge in [-0.05, 0) is 6.42 Å². The average molecular weight is 183 g/mol. The van der Waals surface area contributed by atoms with Crippen LogP contribution in [0, 0.1) is 0 Å². The van der Waals surface area contributed by atoms with Crippen LogP contribution in [0.3, 0.4) is 0 Å². The summed E-state index contributed by atoms with van der Waals surface area (Å²) in [5, 5.41) is 3.98. The Morgan fingerprint density at radius 2 is 2.54 bits per heavy atom. The summed E-state index contributed by atoms with van der Waals surface area (Å²) in [5.74, 6) is 0. The van der Waals surface area contributed by atoms with Crippen LogP contribution < -0.4 is 0 Å². The van der Waals surface area contributed by atoms with Gasteiger partial charge in [-0.15, -0.1) is 0 Å². The molecule has 72 valence electrons. The Labute approximate surface area is 76.7 Å². The van der Waals surface area contributed by atoms with Crippen molar-refractivity contribution in [1.82, 2.24) is 14.8 Å². The van der Waals surface area contributed by atoms with Gasteiger partial charge in [-0.3, -0.25) is 0 Å². The second-order valence-electron chi connectivity index (χ2n) is 3.05. The summed E-state index contributed by atoms with van der Waals surface area (Å²) in [7, 11) is 0. The molecule has 5 nitrogen and oxygen atoms in total. The van der Waals surface area contributed by atoms with Gasteiger partial charge in [0.25, 0.3) is 0 Å². The van der Waals surface area contributed by atoms with E-state index < -0.39 is 0 Å². The van der Waals surface area contributed by atoms with Gasteiger partial charge in [0.2, 0.25) is 0 Å². The minimum atomic E-state index is -0.161. The molecule has 1 saturated heterocycles. The normalized spacial score (nSPS) is 28.1. The van der Waals surface area contributed by atoms with Gasteiger partial charge in [0.1, 0.15) is 12.7 Å². The summed E-state index contributed by atoms with van der Waals surface area (Å²) in [5.41, 5.74) is 0. The molecule has 13 heavy (non-hydrogen) atoms. The quantitative estimate of drug-likeness (QED) is 0.681. The molecule has 0 spiro atoms. The molecule has 1 aromatic heterocycles. The van der Waals surface area contributed by atoms with E-state index in [0.717, 1.165) is 6.42 Å². The lowest BCUT2D eigenvalue weighted by Gasteiger charge is -2.09. The predicted octanol–water partition coefficient (Wildman–Crippen LogP) is 0.430. The molecular weight excluding hydrogens is 170 g/mol. The molecule has 1 fully saturated rings. The summed E-state index contributed by atoms with van der Waals surface area (Å²) >= 11 is 0. The average Bonchev–Trinajstić information content (AvgIpc) is 2.76. The molecule has 0 amide bonds. The van der Waals surface area contributed by atoms with E-state index in [0.29, 0.717) is 13.2 Å². The van der Waals surface area contributed by atoms with E-state index in [9.17, 15) is 0 Å². The molecule has 1 aromatic rings. The van der Waals surface area contributed by atoms with Crippen LogP contribution in [0.15, 0.2) is 12.7 Å². The molecule has 0 saturated carbocycles. The summed E-state index contributed by atoms with van der Waals surface area (Å²) in [6.07, 6.45) is 4.24. The lowest BCUT2D eigenvalue weighted by Crippen LogP contribution is -2.18. The maximum absolute atomic E-state index is 5.57. The van der Waals surface area contributed by atoms with Crippen LogP contribution in [0.2, 0.25) is 0 Å². The Bertz CT molecular complexity index is 250. The van der Waals surface area contributed by atoms with Crippen molar-refractivity contribution in [2.45, 2.75) is 32.3 Å². The van der Waals surface area contributed by atoms with Gasteiger partial charge in [0.15, 0.2) is 6.29 Å². The minimum absolute atomic E-state index is 0.161. The number of rotatable bonds is 3. The predicted molar refractivity (Wildman–Crippen MR) is 44.9 cm³/mol. The molecule has 5 heteroatoms. The van der Waals surface area contributed by atoms with Crippen LogP contribution in [-0.4, -0.2) is 33.8 Å². The zero-order valence-corrected chi connectivity index (χ0v) is 7.59. The van der Waals surface area contributed by atoms with Gasteiger partial charge in [-0.1, -0.05) is 6.92 Å². The van der Waals surface area contributed by atoms with Crippen LogP contribution in [0.1, 0.15) is 13.3 Å². The molecule has 0 aliphatic carbocycles. The first-order valence-electron chi connectivity index (χ1n) is 4.48. The lowest BCUT2D eigenvalue weighted by molar-refractivity contribution is -0.0696. The Hall–Kier alpha value is -0.940. The fraction of sp³-hybridized carbons (Fsp3) is 0.750. The zero-order chi connectivity index (χ0) is 9.10. The monoisotopic (exact) mass is 183 g/mol. The Morgan fingerprint density at radius 3 is 3.15 bits per heavy atom. The molecule has 2 atom stereocenters. The third-order valence-corrected chi connectivity index (χ3v) is 2.07. The van der Waals surface area contributed by atoms with E-state index in [1.807, 2.05) is 0 Å². The zero-order valence-electron chi connectivity index (χ0n) is 7.59. The Morgan fingerprint density at radius 1 is 1.62 bits per heavy atom. The van der Waals surface area contributed by atoms with Crippen molar-refractivity contribution >= 4 is 0 Å².